The predicted molar refractivity (Wildman–Crippen MR) is 191 cm³/mol. The Morgan fingerprint density at radius 1 is 0.787 bits per heavy atom. The number of sulfonamides is 1. The molecule has 0 aliphatic heterocycles. The van der Waals surface area contributed by atoms with Crippen molar-refractivity contribution in [2.75, 3.05) is 17.4 Å². The zero-order valence-electron chi connectivity index (χ0n) is 26.7. The molecule has 4 aromatic carbocycles. The highest BCUT2D eigenvalue weighted by Crippen LogP contribution is 2.30. The van der Waals surface area contributed by atoms with Crippen molar-refractivity contribution in [1.82, 2.24) is 10.2 Å². The maximum atomic E-state index is 14.6. The van der Waals surface area contributed by atoms with Crippen LogP contribution in [0, 0.1) is 19.8 Å². The van der Waals surface area contributed by atoms with Gasteiger partial charge < -0.3 is 10.2 Å². The summed E-state index contributed by atoms with van der Waals surface area (Å²) in [7, 11) is -4.25. The lowest BCUT2D eigenvalue weighted by Crippen LogP contribution is -2.53. The molecule has 248 valence electrons. The first-order valence-corrected chi connectivity index (χ1v) is 17.7. The average Bonchev–Trinajstić information content (AvgIpc) is 3.04. The Bertz CT molecular complexity index is 1820. The van der Waals surface area contributed by atoms with E-state index in [0.717, 1.165) is 21.0 Å². The number of aryl methyl sites for hydroxylation is 2. The fourth-order valence-corrected chi connectivity index (χ4v) is 6.82. The molecule has 0 heterocycles. The SMILES string of the molecule is Cc1ccc(S(=O)(=O)N(CC(=O)N(Cc2ccc(Cl)c(Cl)c2)C(Cc2ccccc2)C(=O)NCC(C)C)c2ccc(C)c(Cl)c2)cc1. The van der Waals surface area contributed by atoms with Crippen molar-refractivity contribution in [3.8, 4) is 0 Å². The van der Waals surface area contributed by atoms with E-state index in [1.807, 2.05) is 51.1 Å². The van der Waals surface area contributed by atoms with Crippen LogP contribution in [0.15, 0.2) is 95.9 Å². The molecule has 0 aliphatic carbocycles. The smallest absolute Gasteiger partial charge is 0.264 e. The lowest BCUT2D eigenvalue weighted by molar-refractivity contribution is -0.140. The van der Waals surface area contributed by atoms with Gasteiger partial charge in [0.25, 0.3) is 10.0 Å². The summed E-state index contributed by atoms with van der Waals surface area (Å²) in [5.41, 5.74) is 3.30. The quantitative estimate of drug-likeness (QED) is 0.153. The molecule has 0 spiro atoms. The first kappa shape index (κ1) is 36.3. The molecule has 11 heteroatoms. The first-order chi connectivity index (χ1) is 22.3. The maximum Gasteiger partial charge on any atom is 0.264 e. The summed E-state index contributed by atoms with van der Waals surface area (Å²) < 4.78 is 29.5. The molecule has 4 aromatic rings. The van der Waals surface area contributed by atoms with Gasteiger partial charge in [-0.25, -0.2) is 8.42 Å². The van der Waals surface area contributed by atoms with Crippen LogP contribution in [0.1, 0.15) is 36.1 Å². The van der Waals surface area contributed by atoms with Crippen LogP contribution in [0.4, 0.5) is 5.69 Å². The topological polar surface area (TPSA) is 86.8 Å². The van der Waals surface area contributed by atoms with Gasteiger partial charge in [-0.2, -0.15) is 0 Å². The number of benzene rings is 4. The van der Waals surface area contributed by atoms with Crippen LogP contribution in [0.3, 0.4) is 0 Å². The first-order valence-electron chi connectivity index (χ1n) is 15.2. The van der Waals surface area contributed by atoms with E-state index >= 15 is 0 Å². The molecule has 0 bridgehead atoms. The van der Waals surface area contributed by atoms with Gasteiger partial charge in [0.2, 0.25) is 11.8 Å². The van der Waals surface area contributed by atoms with E-state index in [-0.39, 0.29) is 35.4 Å². The van der Waals surface area contributed by atoms with Gasteiger partial charge in [-0.1, -0.05) is 109 Å². The largest absolute Gasteiger partial charge is 0.354 e. The molecule has 7 nitrogen and oxygen atoms in total. The Kier molecular flexibility index (Phi) is 12.4. The summed E-state index contributed by atoms with van der Waals surface area (Å²) in [5, 5.41) is 3.96. The Labute approximate surface area is 292 Å². The molecule has 0 aliphatic rings. The summed E-state index contributed by atoms with van der Waals surface area (Å²) in [5.74, 6) is -0.789. The molecule has 47 heavy (non-hydrogen) atoms. The lowest BCUT2D eigenvalue weighted by atomic mass is 10.0. The summed E-state index contributed by atoms with van der Waals surface area (Å²) in [6.07, 6.45) is 0.193. The van der Waals surface area contributed by atoms with Crippen molar-refractivity contribution in [2.24, 2.45) is 5.92 Å². The number of nitrogens with zero attached hydrogens (tertiary/aromatic N) is 2. The third-order valence-corrected chi connectivity index (χ3v) is 10.6. The highest BCUT2D eigenvalue weighted by atomic mass is 35.5. The van der Waals surface area contributed by atoms with E-state index in [2.05, 4.69) is 5.32 Å². The highest BCUT2D eigenvalue weighted by molar-refractivity contribution is 7.92. The van der Waals surface area contributed by atoms with Crippen molar-refractivity contribution >= 4 is 62.3 Å². The third kappa shape index (κ3) is 9.51. The van der Waals surface area contributed by atoms with Crippen LogP contribution < -0.4 is 9.62 Å². The normalized spacial score (nSPS) is 12.1. The summed E-state index contributed by atoms with van der Waals surface area (Å²) >= 11 is 19.0. The number of carbonyl (C=O) groups excluding carboxylic acids is 2. The second kappa shape index (κ2) is 16.0. The lowest BCUT2D eigenvalue weighted by Gasteiger charge is -2.34. The molecule has 2 amide bonds. The number of halogens is 3. The Morgan fingerprint density at radius 3 is 2.09 bits per heavy atom. The van der Waals surface area contributed by atoms with Gasteiger partial charge in [-0.15, -0.1) is 0 Å². The predicted octanol–water partition coefficient (Wildman–Crippen LogP) is 7.87. The van der Waals surface area contributed by atoms with E-state index in [1.165, 1.54) is 23.1 Å². The monoisotopic (exact) mass is 713 g/mol. The minimum Gasteiger partial charge on any atom is -0.354 e. The minimum absolute atomic E-state index is 0.0131. The fourth-order valence-electron chi connectivity index (χ4n) is 4.91. The molecule has 0 aromatic heterocycles. The number of hydrogen-bond acceptors (Lipinski definition) is 4. The highest BCUT2D eigenvalue weighted by Gasteiger charge is 2.35. The molecule has 0 fully saturated rings. The Morgan fingerprint density at radius 2 is 1.47 bits per heavy atom. The van der Waals surface area contributed by atoms with Gasteiger partial charge in [0.05, 0.1) is 20.6 Å². The van der Waals surface area contributed by atoms with Crippen LogP contribution in [0.25, 0.3) is 0 Å². The molecule has 0 radical (unpaired) electrons. The van der Waals surface area contributed by atoms with Gasteiger partial charge in [-0.05, 0) is 72.9 Å². The summed E-state index contributed by atoms with van der Waals surface area (Å²) in [6, 6.07) is 24.6. The van der Waals surface area contributed by atoms with Crippen molar-refractivity contribution in [3.05, 3.63) is 128 Å². The molecular formula is C36H38Cl3N3O4S. The molecule has 4 rings (SSSR count). The van der Waals surface area contributed by atoms with E-state index in [4.69, 9.17) is 34.8 Å². The molecule has 1 atom stereocenters. The molecule has 1 unspecified atom stereocenters. The zero-order chi connectivity index (χ0) is 34.3. The van der Waals surface area contributed by atoms with Gasteiger partial charge in [0.15, 0.2) is 0 Å². The molecule has 0 saturated carbocycles. The number of amides is 2. The number of hydrogen-bond donors (Lipinski definition) is 1. The van der Waals surface area contributed by atoms with E-state index in [9.17, 15) is 18.0 Å². The summed E-state index contributed by atoms with van der Waals surface area (Å²) in [4.78, 5) is 29.9. The Hall–Kier alpha value is -3.56. The van der Waals surface area contributed by atoms with Crippen molar-refractivity contribution in [3.63, 3.8) is 0 Å². The van der Waals surface area contributed by atoms with E-state index < -0.39 is 28.5 Å². The third-order valence-electron chi connectivity index (χ3n) is 7.62. The van der Waals surface area contributed by atoms with Crippen LogP contribution >= 0.6 is 34.8 Å². The van der Waals surface area contributed by atoms with Crippen molar-refractivity contribution in [2.45, 2.75) is 51.6 Å². The van der Waals surface area contributed by atoms with Crippen LogP contribution in [0.5, 0.6) is 0 Å². The van der Waals surface area contributed by atoms with Gasteiger partial charge >= 0.3 is 0 Å². The van der Waals surface area contributed by atoms with Crippen molar-refractivity contribution < 1.29 is 18.0 Å². The number of carbonyl (C=O) groups is 2. The van der Waals surface area contributed by atoms with Crippen molar-refractivity contribution in [1.29, 1.82) is 0 Å². The zero-order valence-corrected chi connectivity index (χ0v) is 29.8. The maximum absolute atomic E-state index is 14.6. The average molecular weight is 715 g/mol. The minimum atomic E-state index is -4.25. The second-order valence-electron chi connectivity index (χ2n) is 11.9. The summed E-state index contributed by atoms with van der Waals surface area (Å²) in [6.45, 7) is 7.38. The Balaban J connectivity index is 1.83. The second-order valence-corrected chi connectivity index (χ2v) is 15.0. The van der Waals surface area contributed by atoms with Crippen LogP contribution in [0.2, 0.25) is 15.1 Å². The van der Waals surface area contributed by atoms with Gasteiger partial charge in [0.1, 0.15) is 12.6 Å². The molecular weight excluding hydrogens is 677 g/mol. The van der Waals surface area contributed by atoms with E-state index in [1.54, 1.807) is 49.4 Å². The van der Waals surface area contributed by atoms with Crippen LogP contribution in [-0.2, 0) is 32.6 Å². The standard InChI is InChI=1S/C36H38Cl3N3O4S/c1-24(2)21-40-36(44)34(19-27-8-6-5-7-9-27)41(22-28-13-17-31(37)33(39)18-28)35(43)23-42(29-14-12-26(4)32(38)20-29)47(45,46)30-15-10-25(3)11-16-30/h5-18,20,24,34H,19,21-23H2,1-4H3,(H,40,44). The number of rotatable bonds is 13. The number of anilines is 1. The number of nitrogens with one attached hydrogen (secondary N) is 1. The molecule has 1 N–H and O–H groups in total. The van der Waals surface area contributed by atoms with Gasteiger partial charge in [0, 0.05) is 24.5 Å². The molecule has 0 saturated heterocycles. The fraction of sp³-hybridized carbons (Fsp3) is 0.278. The van der Waals surface area contributed by atoms with E-state index in [0.29, 0.717) is 27.2 Å². The van der Waals surface area contributed by atoms with Crippen LogP contribution in [-0.4, -0.2) is 44.3 Å². The van der Waals surface area contributed by atoms with Gasteiger partial charge in [-0.3, -0.25) is 13.9 Å².